The Morgan fingerprint density at radius 1 is 1.33 bits per heavy atom. The van der Waals surface area contributed by atoms with E-state index in [1.54, 1.807) is 0 Å². The fraction of sp³-hybridized carbons (Fsp3) is 0.231. The fourth-order valence-electron chi connectivity index (χ4n) is 2.39. The molecule has 0 N–H and O–H groups in total. The Bertz CT molecular complexity index is 689. The van der Waals surface area contributed by atoms with Crippen molar-refractivity contribution in [3.63, 3.8) is 0 Å². The smallest absolute Gasteiger partial charge is 0.242 e. The number of imidazole rings is 1. The molecule has 5 heteroatoms. The van der Waals surface area contributed by atoms with E-state index in [9.17, 15) is 0 Å². The number of hydrogen-bond donors (Lipinski definition) is 0. The number of ether oxygens (including phenoxy) is 1. The molecule has 2 aliphatic rings. The summed E-state index contributed by atoms with van der Waals surface area (Å²) in [4.78, 5) is 10.1. The van der Waals surface area contributed by atoms with Gasteiger partial charge in [0.2, 0.25) is 5.88 Å². The number of hydrogen-bond acceptors (Lipinski definition) is 4. The Labute approximate surface area is 109 Å². The molecule has 0 aliphatic carbocycles. The lowest BCUT2D eigenvalue weighted by Crippen LogP contribution is -2.16. The largest absolute Gasteiger partial charge is 0.435 e. The molecule has 4 heterocycles. The van der Waals surface area contributed by atoms with Crippen molar-refractivity contribution in [1.82, 2.24) is 14.5 Å². The first kappa shape index (κ1) is 10.2. The highest BCUT2D eigenvalue weighted by atomic mass is 32.2. The van der Waals surface area contributed by atoms with Crippen molar-refractivity contribution in [1.29, 1.82) is 0 Å². The van der Waals surface area contributed by atoms with Gasteiger partial charge in [-0.3, -0.25) is 4.98 Å². The van der Waals surface area contributed by atoms with Gasteiger partial charge in [-0.05, 0) is 26.0 Å². The number of aromatic nitrogens is 3. The summed E-state index contributed by atoms with van der Waals surface area (Å²) in [5.74, 6) is 1.53. The molecule has 1 atom stereocenters. The lowest BCUT2D eigenvalue weighted by molar-refractivity contribution is 0.436. The molecule has 2 aromatic rings. The van der Waals surface area contributed by atoms with Crippen molar-refractivity contribution in [3.8, 4) is 11.6 Å². The highest BCUT2D eigenvalue weighted by Crippen LogP contribution is 2.53. The summed E-state index contributed by atoms with van der Waals surface area (Å²) in [5, 5.41) is 0.191. The molecule has 0 radical (unpaired) electrons. The minimum absolute atomic E-state index is 0.191. The van der Waals surface area contributed by atoms with Crippen LogP contribution in [0, 0.1) is 0 Å². The molecule has 0 amide bonds. The number of nitrogens with zero attached hydrogens (tertiary/aromatic N) is 3. The predicted octanol–water partition coefficient (Wildman–Crippen LogP) is 3.43. The molecule has 2 aromatic heterocycles. The topological polar surface area (TPSA) is 39.9 Å². The van der Waals surface area contributed by atoms with Gasteiger partial charge in [0.1, 0.15) is 23.0 Å². The van der Waals surface area contributed by atoms with Gasteiger partial charge in [0, 0.05) is 16.8 Å². The summed E-state index contributed by atoms with van der Waals surface area (Å²) in [5.41, 5.74) is 3.31. The van der Waals surface area contributed by atoms with Gasteiger partial charge in [0.25, 0.3) is 0 Å². The maximum absolute atomic E-state index is 5.82. The molecule has 4 nitrogen and oxygen atoms in total. The van der Waals surface area contributed by atoms with E-state index in [2.05, 4.69) is 28.4 Å². The molecule has 0 saturated heterocycles. The molecule has 18 heavy (non-hydrogen) atoms. The van der Waals surface area contributed by atoms with Crippen LogP contribution in [-0.4, -0.2) is 14.5 Å². The maximum atomic E-state index is 5.82. The zero-order valence-corrected chi connectivity index (χ0v) is 10.9. The standard InChI is InChI=1S/C13H11N3OS/c1-7-8(2)18-12-10-9(4-3-5-14-10)17-13-11(12)16(7)6-15-13/h3-6,12H,1-2H3. The van der Waals surface area contributed by atoms with E-state index < -0.39 is 0 Å². The van der Waals surface area contributed by atoms with Crippen LogP contribution in [-0.2, 0) is 0 Å². The van der Waals surface area contributed by atoms with E-state index in [1.807, 2.05) is 36.4 Å². The maximum Gasteiger partial charge on any atom is 0.242 e. The number of thioether (sulfide) groups is 1. The van der Waals surface area contributed by atoms with Crippen LogP contribution in [0.3, 0.4) is 0 Å². The molecule has 0 spiro atoms. The lowest BCUT2D eigenvalue weighted by atomic mass is 10.1. The minimum atomic E-state index is 0.191. The average molecular weight is 257 g/mol. The molecule has 0 saturated carbocycles. The highest BCUT2D eigenvalue weighted by molar-refractivity contribution is 8.03. The third-order valence-corrected chi connectivity index (χ3v) is 4.77. The number of pyridine rings is 1. The van der Waals surface area contributed by atoms with Crippen LogP contribution in [0.25, 0.3) is 5.70 Å². The molecular weight excluding hydrogens is 246 g/mol. The van der Waals surface area contributed by atoms with Crippen molar-refractivity contribution < 1.29 is 4.74 Å². The second kappa shape index (κ2) is 3.38. The second-order valence-electron chi connectivity index (χ2n) is 4.43. The number of rotatable bonds is 0. The first-order chi connectivity index (χ1) is 8.75. The van der Waals surface area contributed by atoms with Crippen LogP contribution in [0.2, 0.25) is 0 Å². The van der Waals surface area contributed by atoms with Crippen molar-refractivity contribution in [2.24, 2.45) is 0 Å². The van der Waals surface area contributed by atoms with Gasteiger partial charge in [-0.2, -0.15) is 0 Å². The Morgan fingerprint density at radius 3 is 3.11 bits per heavy atom. The summed E-state index contributed by atoms with van der Waals surface area (Å²) in [6.45, 7) is 4.25. The van der Waals surface area contributed by atoms with Gasteiger partial charge in [-0.1, -0.05) is 0 Å². The average Bonchev–Trinajstić information content (AvgIpc) is 2.80. The Balaban J connectivity index is 2.01. The zero-order valence-electron chi connectivity index (χ0n) is 10.0. The molecule has 0 fully saturated rings. The third-order valence-electron chi connectivity index (χ3n) is 3.44. The number of fused-ring (bicyclic) bond motifs is 2. The second-order valence-corrected chi connectivity index (χ2v) is 5.75. The van der Waals surface area contributed by atoms with E-state index >= 15 is 0 Å². The van der Waals surface area contributed by atoms with Crippen LogP contribution in [0.15, 0.2) is 29.6 Å². The fourth-order valence-corrected chi connectivity index (χ4v) is 3.63. The van der Waals surface area contributed by atoms with E-state index in [1.165, 1.54) is 10.6 Å². The summed E-state index contributed by atoms with van der Waals surface area (Å²) >= 11 is 1.83. The van der Waals surface area contributed by atoms with Gasteiger partial charge >= 0.3 is 0 Å². The number of allylic oxidation sites excluding steroid dienone is 2. The molecule has 0 bridgehead atoms. The first-order valence-electron chi connectivity index (χ1n) is 5.80. The molecular formula is C13H11N3OS. The van der Waals surface area contributed by atoms with Crippen molar-refractivity contribution in [2.45, 2.75) is 19.1 Å². The highest BCUT2D eigenvalue weighted by Gasteiger charge is 2.36. The van der Waals surface area contributed by atoms with Gasteiger partial charge < -0.3 is 9.30 Å². The van der Waals surface area contributed by atoms with Gasteiger partial charge in [-0.15, -0.1) is 11.8 Å². The summed E-state index contributed by atoms with van der Waals surface area (Å²) in [6.07, 6.45) is 3.65. The van der Waals surface area contributed by atoms with E-state index in [0.29, 0.717) is 5.88 Å². The predicted molar refractivity (Wildman–Crippen MR) is 70.5 cm³/mol. The van der Waals surface area contributed by atoms with Crippen molar-refractivity contribution in [3.05, 3.63) is 40.9 Å². The summed E-state index contributed by atoms with van der Waals surface area (Å²) in [6, 6.07) is 3.84. The molecule has 90 valence electrons. The van der Waals surface area contributed by atoms with Crippen molar-refractivity contribution in [2.75, 3.05) is 0 Å². The van der Waals surface area contributed by atoms with Gasteiger partial charge in [-0.25, -0.2) is 4.98 Å². The van der Waals surface area contributed by atoms with Gasteiger partial charge in [0.15, 0.2) is 5.75 Å². The summed E-state index contributed by atoms with van der Waals surface area (Å²) in [7, 11) is 0. The van der Waals surface area contributed by atoms with Crippen LogP contribution >= 0.6 is 11.8 Å². The minimum Gasteiger partial charge on any atom is -0.435 e. The van der Waals surface area contributed by atoms with Crippen LogP contribution in [0.5, 0.6) is 11.6 Å². The van der Waals surface area contributed by atoms with Crippen LogP contribution < -0.4 is 4.74 Å². The Kier molecular flexibility index (Phi) is 1.92. The van der Waals surface area contributed by atoms with E-state index in [4.69, 9.17) is 4.74 Å². The Morgan fingerprint density at radius 2 is 2.22 bits per heavy atom. The Hall–Kier alpha value is -1.75. The van der Waals surface area contributed by atoms with Crippen LogP contribution in [0.4, 0.5) is 0 Å². The summed E-state index contributed by atoms with van der Waals surface area (Å²) < 4.78 is 7.93. The quantitative estimate of drug-likeness (QED) is 0.725. The van der Waals surface area contributed by atoms with Crippen molar-refractivity contribution >= 4 is 17.5 Å². The zero-order chi connectivity index (χ0) is 12.3. The van der Waals surface area contributed by atoms with Crippen LogP contribution in [0.1, 0.15) is 30.5 Å². The molecule has 0 aromatic carbocycles. The molecule has 1 unspecified atom stereocenters. The normalized spacial score (nSPS) is 20.2. The van der Waals surface area contributed by atoms with E-state index in [0.717, 1.165) is 17.1 Å². The first-order valence-corrected chi connectivity index (χ1v) is 6.68. The van der Waals surface area contributed by atoms with E-state index in [-0.39, 0.29) is 5.25 Å². The SMILES string of the molecule is CC1=C(C)n2cnc3c2C(S1)c1ncccc1O3. The molecule has 2 aliphatic heterocycles. The third kappa shape index (κ3) is 1.17. The monoisotopic (exact) mass is 257 g/mol. The lowest BCUT2D eigenvalue weighted by Gasteiger charge is -2.29. The van der Waals surface area contributed by atoms with Gasteiger partial charge in [0.05, 0.1) is 0 Å². The molecule has 4 rings (SSSR count).